The molecule has 3 aromatic carbocycles. The predicted molar refractivity (Wildman–Crippen MR) is 59.0 cm³/mol. The molecule has 0 aliphatic rings. The monoisotopic (exact) mass is 248 g/mol. The number of hydrogen-bond donors (Lipinski definition) is 0. The van der Waals surface area contributed by atoms with E-state index in [0.717, 1.165) is 24.3 Å². The van der Waals surface area contributed by atoms with Crippen molar-refractivity contribution in [3.8, 4) is 0 Å². The fraction of sp³-hybridized carbons (Fsp3) is 0. The van der Waals surface area contributed by atoms with Crippen molar-refractivity contribution in [1.29, 1.82) is 0 Å². The van der Waals surface area contributed by atoms with Gasteiger partial charge in [0.2, 0.25) is 0 Å². The van der Waals surface area contributed by atoms with Crippen LogP contribution in [0.1, 0.15) is 0 Å². The Morgan fingerprint density at radius 2 is 1.00 bits per heavy atom. The first-order valence-electron chi connectivity index (χ1n) is 5.07. The zero-order valence-corrected chi connectivity index (χ0v) is 8.82. The van der Waals surface area contributed by atoms with Crippen LogP contribution >= 0.6 is 0 Å². The Balaban J connectivity index is 2.59. The van der Waals surface area contributed by atoms with E-state index in [1.807, 2.05) is 0 Å². The van der Waals surface area contributed by atoms with Crippen molar-refractivity contribution in [3.63, 3.8) is 0 Å². The molecule has 2 radical (unpaired) electrons. The maximum Gasteiger partial charge on any atom is 0.139 e. The van der Waals surface area contributed by atoms with Crippen LogP contribution in [0.2, 0.25) is 0 Å². The largest absolute Gasteiger partial charge is 0.206 e. The van der Waals surface area contributed by atoms with Gasteiger partial charge in [0, 0.05) is 33.7 Å². The molecule has 0 spiro atoms. The highest BCUT2D eigenvalue weighted by Gasteiger charge is 2.12. The van der Waals surface area contributed by atoms with Crippen LogP contribution in [-0.2, 0) is 0 Å². The second kappa shape index (κ2) is 3.70. The molecule has 0 bridgehead atoms. The van der Waals surface area contributed by atoms with Crippen molar-refractivity contribution in [1.82, 2.24) is 0 Å². The summed E-state index contributed by atoms with van der Waals surface area (Å²) in [6, 6.07) is 7.95. The zero-order valence-electron chi connectivity index (χ0n) is 8.82. The molecule has 0 saturated carbocycles. The lowest BCUT2D eigenvalue weighted by molar-refractivity contribution is 0.612. The van der Waals surface area contributed by atoms with Gasteiger partial charge < -0.3 is 0 Å². The maximum atomic E-state index is 13.5. The zero-order chi connectivity index (χ0) is 12.9. The lowest BCUT2D eigenvalue weighted by atomic mass is 10.0. The van der Waals surface area contributed by atoms with Crippen LogP contribution in [0.4, 0.5) is 17.6 Å². The van der Waals surface area contributed by atoms with Crippen LogP contribution in [0.3, 0.4) is 0 Å². The Labute approximate surface area is 99.5 Å². The maximum absolute atomic E-state index is 13.5. The fourth-order valence-electron chi connectivity index (χ4n) is 1.92. The van der Waals surface area contributed by atoms with E-state index in [2.05, 4.69) is 12.1 Å². The lowest BCUT2D eigenvalue weighted by Gasteiger charge is -2.05. The first-order chi connectivity index (χ1) is 8.58. The standard InChI is InChI=1S/C14H4F4/c15-11-1-2-12(16)8-6-10-9(5-7(8)11)13(17)3-4-14(10)18/h1,4-6H. The number of fused-ring (bicyclic) bond motifs is 2. The van der Waals surface area contributed by atoms with Gasteiger partial charge in [-0.2, -0.15) is 0 Å². The summed E-state index contributed by atoms with van der Waals surface area (Å²) in [7, 11) is 0. The van der Waals surface area contributed by atoms with Crippen molar-refractivity contribution in [2.24, 2.45) is 0 Å². The first-order valence-corrected chi connectivity index (χ1v) is 5.07. The van der Waals surface area contributed by atoms with E-state index in [0.29, 0.717) is 0 Å². The Kier molecular flexibility index (Phi) is 2.26. The van der Waals surface area contributed by atoms with Crippen molar-refractivity contribution in [2.45, 2.75) is 0 Å². The summed E-state index contributed by atoms with van der Waals surface area (Å²) in [6.45, 7) is 0. The topological polar surface area (TPSA) is 0 Å². The molecular weight excluding hydrogens is 244 g/mol. The molecule has 0 N–H and O–H groups in total. The summed E-state index contributed by atoms with van der Waals surface area (Å²) < 4.78 is 54.0. The van der Waals surface area contributed by atoms with Gasteiger partial charge in [0.15, 0.2) is 0 Å². The third-order valence-electron chi connectivity index (χ3n) is 2.80. The number of rotatable bonds is 0. The van der Waals surface area contributed by atoms with E-state index in [1.54, 1.807) is 0 Å². The van der Waals surface area contributed by atoms with E-state index >= 15 is 0 Å². The Morgan fingerprint density at radius 3 is 1.39 bits per heavy atom. The number of benzene rings is 3. The predicted octanol–water partition coefficient (Wildman–Crippen LogP) is 4.15. The molecule has 0 fully saturated rings. The molecule has 0 aliphatic carbocycles. The highest BCUT2D eigenvalue weighted by Crippen LogP contribution is 2.29. The van der Waals surface area contributed by atoms with E-state index in [1.165, 1.54) is 0 Å². The van der Waals surface area contributed by atoms with Crippen LogP contribution in [0.15, 0.2) is 24.3 Å². The van der Waals surface area contributed by atoms with Gasteiger partial charge in [0.1, 0.15) is 23.3 Å². The van der Waals surface area contributed by atoms with Crippen molar-refractivity contribution < 1.29 is 17.6 Å². The van der Waals surface area contributed by atoms with Gasteiger partial charge >= 0.3 is 0 Å². The van der Waals surface area contributed by atoms with Crippen LogP contribution < -0.4 is 0 Å². The van der Waals surface area contributed by atoms with E-state index < -0.39 is 23.3 Å². The van der Waals surface area contributed by atoms with Gasteiger partial charge in [0.25, 0.3) is 0 Å². The van der Waals surface area contributed by atoms with Gasteiger partial charge in [0.05, 0.1) is 0 Å². The highest BCUT2D eigenvalue weighted by molar-refractivity contribution is 5.99. The van der Waals surface area contributed by atoms with Gasteiger partial charge in [-0.05, 0) is 24.3 Å². The van der Waals surface area contributed by atoms with Gasteiger partial charge in [-0.3, -0.25) is 0 Å². The molecule has 3 rings (SSSR count). The third kappa shape index (κ3) is 1.45. The molecule has 0 amide bonds. The van der Waals surface area contributed by atoms with Gasteiger partial charge in [-0.15, -0.1) is 0 Å². The van der Waals surface area contributed by atoms with E-state index in [-0.39, 0.29) is 21.5 Å². The molecular formula is C14H4F4. The van der Waals surface area contributed by atoms with Crippen LogP contribution in [-0.4, -0.2) is 0 Å². The molecule has 0 aromatic heterocycles. The molecule has 0 aliphatic heterocycles. The van der Waals surface area contributed by atoms with Crippen LogP contribution in [0.25, 0.3) is 21.5 Å². The number of halogens is 4. The van der Waals surface area contributed by atoms with Crippen LogP contribution in [0, 0.1) is 35.4 Å². The second-order valence-corrected chi connectivity index (χ2v) is 3.84. The van der Waals surface area contributed by atoms with E-state index in [9.17, 15) is 17.6 Å². The van der Waals surface area contributed by atoms with Crippen molar-refractivity contribution in [3.05, 3.63) is 59.7 Å². The molecule has 4 heteroatoms. The minimum Gasteiger partial charge on any atom is -0.206 e. The third-order valence-corrected chi connectivity index (χ3v) is 2.80. The fourth-order valence-corrected chi connectivity index (χ4v) is 1.92. The summed E-state index contributed by atoms with van der Waals surface area (Å²) in [4.78, 5) is 0. The van der Waals surface area contributed by atoms with Gasteiger partial charge in [-0.25, -0.2) is 17.6 Å². The summed E-state index contributed by atoms with van der Waals surface area (Å²) in [6.07, 6.45) is 0. The Hall–Kier alpha value is -2.10. The molecule has 0 unspecified atom stereocenters. The molecule has 18 heavy (non-hydrogen) atoms. The minimum absolute atomic E-state index is 0.114. The van der Waals surface area contributed by atoms with E-state index in [4.69, 9.17) is 0 Å². The Bertz CT molecular complexity index is 649. The average molecular weight is 248 g/mol. The first kappa shape index (κ1) is 11.0. The molecule has 0 atom stereocenters. The SMILES string of the molecule is Fc1[c]cc(F)c2cc3c(F)[c]cc(F)c3cc12. The van der Waals surface area contributed by atoms with Gasteiger partial charge in [-0.1, -0.05) is 0 Å². The molecule has 0 nitrogen and oxygen atoms in total. The molecule has 88 valence electrons. The molecule has 0 saturated heterocycles. The normalized spacial score (nSPS) is 11.3. The molecule has 0 heterocycles. The summed E-state index contributed by atoms with van der Waals surface area (Å²) >= 11 is 0. The summed E-state index contributed by atoms with van der Waals surface area (Å²) in [5, 5.41) is -0.493. The van der Waals surface area contributed by atoms with Crippen molar-refractivity contribution in [2.75, 3.05) is 0 Å². The highest BCUT2D eigenvalue weighted by atomic mass is 19.1. The quantitative estimate of drug-likeness (QED) is 0.414. The van der Waals surface area contributed by atoms with Crippen molar-refractivity contribution >= 4 is 21.5 Å². The minimum atomic E-state index is -0.805. The lowest BCUT2D eigenvalue weighted by Crippen LogP contribution is -1.90. The van der Waals surface area contributed by atoms with Crippen LogP contribution in [0.5, 0.6) is 0 Å². The second-order valence-electron chi connectivity index (χ2n) is 3.84. The Morgan fingerprint density at radius 1 is 0.611 bits per heavy atom. The summed E-state index contributed by atoms with van der Waals surface area (Å²) in [5.41, 5.74) is 0. The average Bonchev–Trinajstić information content (AvgIpc) is 2.37. The smallest absolute Gasteiger partial charge is 0.139 e. The number of hydrogen-bond acceptors (Lipinski definition) is 0. The molecule has 3 aromatic rings. The summed E-state index contributed by atoms with van der Waals surface area (Å²) in [5.74, 6) is -3.09.